The van der Waals surface area contributed by atoms with Crippen molar-refractivity contribution in [3.05, 3.63) is 30.1 Å². The minimum absolute atomic E-state index is 0.106. The normalized spacial score (nSPS) is 29.5. The molecule has 1 spiro atoms. The van der Waals surface area contributed by atoms with E-state index in [1.165, 1.54) is 24.3 Å². The van der Waals surface area contributed by atoms with Gasteiger partial charge in [-0.2, -0.15) is 11.8 Å². The van der Waals surface area contributed by atoms with Crippen LogP contribution in [0.4, 0.5) is 0 Å². The van der Waals surface area contributed by atoms with Gasteiger partial charge in [-0.1, -0.05) is 6.07 Å². The molecule has 3 saturated heterocycles. The van der Waals surface area contributed by atoms with Crippen molar-refractivity contribution in [2.24, 2.45) is 5.41 Å². The third-order valence-corrected chi connectivity index (χ3v) is 7.06. The van der Waals surface area contributed by atoms with Crippen LogP contribution in [0.2, 0.25) is 0 Å². The molecule has 1 atom stereocenters. The van der Waals surface area contributed by atoms with Gasteiger partial charge in [0.1, 0.15) is 0 Å². The number of aromatic nitrogens is 1. The van der Waals surface area contributed by atoms with Crippen LogP contribution in [0.25, 0.3) is 0 Å². The van der Waals surface area contributed by atoms with E-state index in [1.54, 1.807) is 6.20 Å². The first-order valence-electron chi connectivity index (χ1n) is 9.27. The minimum atomic E-state index is -0.106. The first kappa shape index (κ1) is 16.4. The summed E-state index contributed by atoms with van der Waals surface area (Å²) in [5.74, 6) is 2.97. The van der Waals surface area contributed by atoms with E-state index >= 15 is 0 Å². The third-order valence-electron chi connectivity index (χ3n) is 6.01. The molecule has 130 valence electrons. The van der Waals surface area contributed by atoms with Crippen molar-refractivity contribution >= 4 is 17.7 Å². The number of amides is 1. The third kappa shape index (κ3) is 3.21. The first-order valence-corrected chi connectivity index (χ1v) is 10.4. The van der Waals surface area contributed by atoms with Gasteiger partial charge in [0, 0.05) is 38.1 Å². The van der Waals surface area contributed by atoms with Crippen LogP contribution in [0, 0.1) is 5.41 Å². The van der Waals surface area contributed by atoms with Crippen molar-refractivity contribution in [1.29, 1.82) is 0 Å². The SMILES string of the molecule is O=C1N(Cc2cccnc2)CCCC12CCN(C1CCSCC1)C2. The molecule has 1 unspecified atom stereocenters. The Morgan fingerprint density at radius 2 is 2.12 bits per heavy atom. The Kier molecular flexibility index (Phi) is 4.81. The lowest BCUT2D eigenvalue weighted by molar-refractivity contribution is -0.146. The predicted molar refractivity (Wildman–Crippen MR) is 97.9 cm³/mol. The van der Waals surface area contributed by atoms with Crippen LogP contribution in [-0.2, 0) is 11.3 Å². The Morgan fingerprint density at radius 3 is 2.92 bits per heavy atom. The first-order chi connectivity index (χ1) is 11.8. The number of carbonyl (C=O) groups is 1. The number of carbonyl (C=O) groups excluding carboxylic acids is 1. The number of thioether (sulfide) groups is 1. The molecule has 0 N–H and O–H groups in total. The molecular weight excluding hydrogens is 318 g/mol. The van der Waals surface area contributed by atoms with Crippen molar-refractivity contribution in [3.63, 3.8) is 0 Å². The second-order valence-corrected chi connectivity index (χ2v) is 8.76. The van der Waals surface area contributed by atoms with Crippen LogP contribution in [0.1, 0.15) is 37.7 Å². The Hall–Kier alpha value is -1.07. The summed E-state index contributed by atoms with van der Waals surface area (Å²) in [6.45, 7) is 3.72. The Labute approximate surface area is 149 Å². The summed E-state index contributed by atoms with van der Waals surface area (Å²) in [4.78, 5) is 22.2. The Bertz CT molecular complexity index is 575. The minimum Gasteiger partial charge on any atom is -0.338 e. The van der Waals surface area contributed by atoms with E-state index < -0.39 is 0 Å². The van der Waals surface area contributed by atoms with Gasteiger partial charge in [-0.15, -0.1) is 0 Å². The molecule has 4 rings (SSSR count). The molecule has 3 aliphatic heterocycles. The van der Waals surface area contributed by atoms with Gasteiger partial charge in [-0.3, -0.25) is 14.7 Å². The number of nitrogens with zero attached hydrogens (tertiary/aromatic N) is 3. The van der Waals surface area contributed by atoms with Gasteiger partial charge < -0.3 is 4.90 Å². The molecule has 3 fully saturated rings. The molecule has 5 heteroatoms. The van der Waals surface area contributed by atoms with Crippen molar-refractivity contribution in [2.45, 2.75) is 44.7 Å². The van der Waals surface area contributed by atoms with Crippen LogP contribution in [-0.4, -0.2) is 57.9 Å². The summed E-state index contributed by atoms with van der Waals surface area (Å²) in [6.07, 6.45) is 9.55. The maximum absolute atomic E-state index is 13.3. The second kappa shape index (κ2) is 7.04. The van der Waals surface area contributed by atoms with Crippen LogP contribution in [0.15, 0.2) is 24.5 Å². The number of likely N-dealkylation sites (tertiary alicyclic amines) is 2. The van der Waals surface area contributed by atoms with Gasteiger partial charge in [0.15, 0.2) is 0 Å². The summed E-state index contributed by atoms with van der Waals surface area (Å²) < 4.78 is 0. The highest BCUT2D eigenvalue weighted by atomic mass is 32.2. The van der Waals surface area contributed by atoms with E-state index in [4.69, 9.17) is 0 Å². The van der Waals surface area contributed by atoms with Gasteiger partial charge in [0.25, 0.3) is 0 Å². The van der Waals surface area contributed by atoms with Gasteiger partial charge in [-0.05, 0) is 61.8 Å². The fraction of sp³-hybridized carbons (Fsp3) is 0.684. The Morgan fingerprint density at radius 1 is 1.25 bits per heavy atom. The summed E-state index contributed by atoms with van der Waals surface area (Å²) in [7, 11) is 0. The number of pyridine rings is 1. The summed E-state index contributed by atoms with van der Waals surface area (Å²) in [5, 5.41) is 0. The number of hydrogen-bond acceptors (Lipinski definition) is 4. The zero-order valence-corrected chi connectivity index (χ0v) is 15.1. The molecule has 3 aliphatic rings. The maximum atomic E-state index is 13.3. The van der Waals surface area contributed by atoms with Crippen LogP contribution in [0.5, 0.6) is 0 Å². The zero-order valence-electron chi connectivity index (χ0n) is 14.3. The lowest BCUT2D eigenvalue weighted by Crippen LogP contribution is -2.50. The average molecular weight is 346 g/mol. The van der Waals surface area contributed by atoms with Gasteiger partial charge in [0.2, 0.25) is 5.91 Å². The zero-order chi connectivity index (χ0) is 16.4. The molecule has 0 radical (unpaired) electrons. The van der Waals surface area contributed by atoms with E-state index in [1.807, 2.05) is 12.3 Å². The highest BCUT2D eigenvalue weighted by Gasteiger charge is 2.49. The second-order valence-electron chi connectivity index (χ2n) is 7.54. The summed E-state index contributed by atoms with van der Waals surface area (Å²) in [5.41, 5.74) is 1.03. The van der Waals surface area contributed by atoms with Crippen LogP contribution in [0.3, 0.4) is 0 Å². The quantitative estimate of drug-likeness (QED) is 0.844. The molecule has 1 aromatic rings. The van der Waals surface area contributed by atoms with Crippen molar-refractivity contribution in [1.82, 2.24) is 14.8 Å². The highest BCUT2D eigenvalue weighted by molar-refractivity contribution is 7.99. The largest absolute Gasteiger partial charge is 0.338 e. The standard InChI is InChI=1S/C19H27N3OS/c23-18-19(7-10-22(15-19)17-4-11-24-12-5-17)6-2-9-21(18)14-16-3-1-8-20-13-16/h1,3,8,13,17H,2,4-7,9-12,14-15H2. The fourth-order valence-corrected chi connectivity index (χ4v) is 5.74. The van der Waals surface area contributed by atoms with Crippen molar-refractivity contribution in [3.8, 4) is 0 Å². The van der Waals surface area contributed by atoms with Crippen LogP contribution >= 0.6 is 11.8 Å². The van der Waals surface area contributed by atoms with Gasteiger partial charge in [-0.25, -0.2) is 0 Å². The van der Waals surface area contributed by atoms with Gasteiger partial charge >= 0.3 is 0 Å². The monoisotopic (exact) mass is 345 g/mol. The molecule has 0 bridgehead atoms. The molecule has 1 aromatic heterocycles. The molecule has 1 amide bonds. The van der Waals surface area contributed by atoms with E-state index in [-0.39, 0.29) is 5.41 Å². The van der Waals surface area contributed by atoms with E-state index in [0.29, 0.717) is 18.5 Å². The van der Waals surface area contributed by atoms with Crippen LogP contribution < -0.4 is 0 Å². The number of rotatable bonds is 3. The summed E-state index contributed by atoms with van der Waals surface area (Å²) in [6, 6.07) is 4.74. The van der Waals surface area contributed by atoms with E-state index in [9.17, 15) is 4.79 Å². The number of piperidine rings is 1. The smallest absolute Gasteiger partial charge is 0.230 e. The molecule has 24 heavy (non-hydrogen) atoms. The lowest BCUT2D eigenvalue weighted by atomic mass is 9.78. The predicted octanol–water partition coefficient (Wildman–Crippen LogP) is 2.79. The molecule has 0 saturated carbocycles. The molecule has 0 aliphatic carbocycles. The van der Waals surface area contributed by atoms with E-state index in [0.717, 1.165) is 44.5 Å². The molecular formula is C19H27N3OS. The highest BCUT2D eigenvalue weighted by Crippen LogP contribution is 2.42. The van der Waals surface area contributed by atoms with E-state index in [2.05, 4.69) is 32.6 Å². The summed E-state index contributed by atoms with van der Waals surface area (Å²) >= 11 is 2.08. The Balaban J connectivity index is 1.44. The topological polar surface area (TPSA) is 36.4 Å². The molecule has 4 nitrogen and oxygen atoms in total. The lowest BCUT2D eigenvalue weighted by Gasteiger charge is -2.40. The van der Waals surface area contributed by atoms with Crippen molar-refractivity contribution in [2.75, 3.05) is 31.1 Å². The fourth-order valence-electron chi connectivity index (χ4n) is 4.66. The maximum Gasteiger partial charge on any atom is 0.230 e. The van der Waals surface area contributed by atoms with Crippen molar-refractivity contribution < 1.29 is 4.79 Å². The average Bonchev–Trinajstić information content (AvgIpc) is 3.06. The van der Waals surface area contributed by atoms with Gasteiger partial charge in [0.05, 0.1) is 5.41 Å². The number of hydrogen-bond donors (Lipinski definition) is 0. The molecule has 4 heterocycles. The molecule has 0 aromatic carbocycles.